The van der Waals surface area contributed by atoms with Crippen molar-refractivity contribution >= 4 is 34.2 Å². The van der Waals surface area contributed by atoms with Gasteiger partial charge in [0.25, 0.3) is 0 Å². The van der Waals surface area contributed by atoms with E-state index in [9.17, 15) is 4.79 Å². The fourth-order valence-corrected chi connectivity index (χ4v) is 2.00. The maximum Gasteiger partial charge on any atom is 0.335 e. The lowest BCUT2D eigenvalue weighted by Crippen LogP contribution is -2.10. The third-order valence-electron chi connectivity index (χ3n) is 1.68. The van der Waals surface area contributed by atoms with Gasteiger partial charge in [0.05, 0.1) is 5.56 Å². The lowest BCUT2D eigenvalue weighted by molar-refractivity contribution is 0.0697. The summed E-state index contributed by atoms with van der Waals surface area (Å²) in [5, 5.41) is 8.72. The molecule has 0 radical (unpaired) electrons. The second kappa shape index (κ2) is 3.95. The Labute approximate surface area is 90.5 Å². The van der Waals surface area contributed by atoms with Crippen molar-refractivity contribution in [1.82, 2.24) is 0 Å². The lowest BCUT2D eigenvalue weighted by Gasteiger charge is -2.14. The number of carboxylic acid groups (broad SMARTS) is 1. The van der Waals surface area contributed by atoms with E-state index < -0.39 is 5.97 Å². The first kappa shape index (κ1) is 10.3. The largest absolute Gasteiger partial charge is 0.478 e. The molecule has 0 amide bonds. The van der Waals surface area contributed by atoms with Gasteiger partial charge in [-0.05, 0) is 40.8 Å². The van der Waals surface area contributed by atoms with Gasteiger partial charge in [-0.25, -0.2) is 4.79 Å². The Morgan fingerprint density at radius 2 is 2.08 bits per heavy atom. The number of rotatable bonds is 2. The molecule has 1 aromatic carbocycles. The molecule has 0 fully saturated rings. The van der Waals surface area contributed by atoms with Gasteiger partial charge in [0.15, 0.2) is 0 Å². The highest BCUT2D eigenvalue weighted by Crippen LogP contribution is 2.21. The molecule has 1 N–H and O–H groups in total. The topological polar surface area (TPSA) is 40.5 Å². The Morgan fingerprint density at radius 1 is 1.46 bits per heavy atom. The minimum atomic E-state index is -0.886. The highest BCUT2D eigenvalue weighted by molar-refractivity contribution is 14.1. The van der Waals surface area contributed by atoms with Crippen molar-refractivity contribution < 1.29 is 9.90 Å². The van der Waals surface area contributed by atoms with E-state index in [1.807, 2.05) is 25.1 Å². The number of carbonyl (C=O) groups is 1. The standard InChI is InChI=1S/C9H10INO2/c1-11(2)8-4-3-6(9(12)13)5-7(8)10/h3-5H,1-2H3,(H,12,13). The van der Waals surface area contributed by atoms with E-state index in [4.69, 9.17) is 5.11 Å². The smallest absolute Gasteiger partial charge is 0.335 e. The van der Waals surface area contributed by atoms with Crippen molar-refractivity contribution in [2.45, 2.75) is 0 Å². The minimum absolute atomic E-state index is 0.329. The molecule has 1 rings (SSSR count). The predicted octanol–water partition coefficient (Wildman–Crippen LogP) is 2.06. The van der Waals surface area contributed by atoms with Crippen LogP contribution in [0.1, 0.15) is 10.4 Å². The average molecular weight is 291 g/mol. The van der Waals surface area contributed by atoms with Crippen LogP contribution >= 0.6 is 22.6 Å². The molecule has 0 aliphatic carbocycles. The van der Waals surface area contributed by atoms with Crippen molar-refractivity contribution in [3.05, 3.63) is 27.3 Å². The number of hydrogen-bond acceptors (Lipinski definition) is 2. The SMILES string of the molecule is CN(C)c1ccc(C(=O)O)cc1I. The highest BCUT2D eigenvalue weighted by Gasteiger charge is 2.06. The molecule has 13 heavy (non-hydrogen) atoms. The van der Waals surface area contributed by atoms with Gasteiger partial charge in [-0.1, -0.05) is 0 Å². The molecule has 0 saturated carbocycles. The summed E-state index contributed by atoms with van der Waals surface area (Å²) in [4.78, 5) is 12.6. The quantitative estimate of drug-likeness (QED) is 0.848. The molecule has 0 spiro atoms. The average Bonchev–Trinajstić information content (AvgIpc) is 2.03. The maximum atomic E-state index is 10.6. The Hall–Kier alpha value is -0.780. The second-order valence-electron chi connectivity index (χ2n) is 2.87. The molecule has 0 aliphatic heterocycles. The molecule has 4 heteroatoms. The van der Waals surface area contributed by atoms with E-state index in [0.717, 1.165) is 9.26 Å². The summed E-state index contributed by atoms with van der Waals surface area (Å²) < 4.78 is 0.947. The van der Waals surface area contributed by atoms with Gasteiger partial charge in [0.2, 0.25) is 0 Å². The number of benzene rings is 1. The summed E-state index contributed by atoms with van der Waals surface area (Å²) in [6.45, 7) is 0. The number of nitrogens with zero attached hydrogens (tertiary/aromatic N) is 1. The van der Waals surface area contributed by atoms with E-state index in [0.29, 0.717) is 5.56 Å². The monoisotopic (exact) mass is 291 g/mol. The number of halogens is 1. The summed E-state index contributed by atoms with van der Waals surface area (Å²) in [5.41, 5.74) is 1.36. The van der Waals surface area contributed by atoms with Gasteiger partial charge < -0.3 is 10.0 Å². The number of anilines is 1. The maximum absolute atomic E-state index is 10.6. The molecule has 1 aromatic rings. The molecular weight excluding hydrogens is 281 g/mol. The fourth-order valence-electron chi connectivity index (χ4n) is 1.00. The lowest BCUT2D eigenvalue weighted by atomic mass is 10.2. The van der Waals surface area contributed by atoms with Gasteiger partial charge in [0.1, 0.15) is 0 Å². The molecule has 0 aromatic heterocycles. The van der Waals surface area contributed by atoms with Crippen LogP contribution in [0.15, 0.2) is 18.2 Å². The fraction of sp³-hybridized carbons (Fsp3) is 0.222. The van der Waals surface area contributed by atoms with Crippen LogP contribution in [0.2, 0.25) is 0 Å². The number of carboxylic acids is 1. The van der Waals surface area contributed by atoms with E-state index in [-0.39, 0.29) is 0 Å². The van der Waals surface area contributed by atoms with Crippen molar-refractivity contribution in [2.24, 2.45) is 0 Å². The second-order valence-corrected chi connectivity index (χ2v) is 4.03. The highest BCUT2D eigenvalue weighted by atomic mass is 127. The first-order valence-corrected chi connectivity index (χ1v) is 4.80. The van der Waals surface area contributed by atoms with Crippen LogP contribution in [0, 0.1) is 3.57 Å². The number of aromatic carboxylic acids is 1. The van der Waals surface area contributed by atoms with Crippen LogP contribution in [-0.2, 0) is 0 Å². The van der Waals surface area contributed by atoms with Gasteiger partial charge in [-0.2, -0.15) is 0 Å². The zero-order valence-corrected chi connectivity index (χ0v) is 9.57. The van der Waals surface area contributed by atoms with Gasteiger partial charge >= 0.3 is 5.97 Å². The molecule has 70 valence electrons. The third-order valence-corrected chi connectivity index (χ3v) is 2.54. The van der Waals surface area contributed by atoms with Gasteiger partial charge in [-0.15, -0.1) is 0 Å². The summed E-state index contributed by atoms with van der Waals surface area (Å²) in [6, 6.07) is 5.09. The van der Waals surface area contributed by atoms with Crippen LogP contribution < -0.4 is 4.90 Å². The van der Waals surface area contributed by atoms with E-state index in [2.05, 4.69) is 22.6 Å². The van der Waals surface area contributed by atoms with Crippen molar-refractivity contribution in [1.29, 1.82) is 0 Å². The molecule has 0 bridgehead atoms. The van der Waals surface area contributed by atoms with Crippen molar-refractivity contribution in [3.63, 3.8) is 0 Å². The third kappa shape index (κ3) is 2.33. The summed E-state index contributed by atoms with van der Waals surface area (Å²) in [7, 11) is 3.86. The molecule has 3 nitrogen and oxygen atoms in total. The molecule has 0 unspecified atom stereocenters. The molecule has 0 atom stereocenters. The van der Waals surface area contributed by atoms with E-state index in [1.54, 1.807) is 12.1 Å². The Kier molecular flexibility index (Phi) is 3.13. The normalized spacial score (nSPS) is 9.77. The zero-order chi connectivity index (χ0) is 10.0. The molecule has 0 aliphatic rings. The Morgan fingerprint density at radius 3 is 2.46 bits per heavy atom. The summed E-state index contributed by atoms with van der Waals surface area (Å²) in [5.74, 6) is -0.886. The van der Waals surface area contributed by atoms with Crippen molar-refractivity contribution in [2.75, 3.05) is 19.0 Å². The number of hydrogen-bond donors (Lipinski definition) is 1. The van der Waals surface area contributed by atoms with Gasteiger partial charge in [0, 0.05) is 23.4 Å². The summed E-state index contributed by atoms with van der Waals surface area (Å²) in [6.07, 6.45) is 0. The Bertz CT molecular complexity index is 336. The van der Waals surface area contributed by atoms with E-state index >= 15 is 0 Å². The van der Waals surface area contributed by atoms with Crippen LogP contribution in [0.5, 0.6) is 0 Å². The first-order valence-electron chi connectivity index (χ1n) is 3.72. The minimum Gasteiger partial charge on any atom is -0.478 e. The Balaban J connectivity index is 3.13. The van der Waals surface area contributed by atoms with Crippen LogP contribution in [0.25, 0.3) is 0 Å². The van der Waals surface area contributed by atoms with Crippen LogP contribution in [0.3, 0.4) is 0 Å². The zero-order valence-electron chi connectivity index (χ0n) is 7.41. The van der Waals surface area contributed by atoms with Gasteiger partial charge in [-0.3, -0.25) is 0 Å². The van der Waals surface area contributed by atoms with Crippen LogP contribution in [-0.4, -0.2) is 25.2 Å². The predicted molar refractivity (Wildman–Crippen MR) is 60.4 cm³/mol. The first-order chi connectivity index (χ1) is 6.02. The molecule has 0 saturated heterocycles. The molecular formula is C9H10INO2. The van der Waals surface area contributed by atoms with E-state index in [1.165, 1.54) is 0 Å². The molecule has 0 heterocycles. The summed E-state index contributed by atoms with van der Waals surface area (Å²) >= 11 is 2.13. The van der Waals surface area contributed by atoms with Crippen LogP contribution in [0.4, 0.5) is 5.69 Å². The van der Waals surface area contributed by atoms with Crippen molar-refractivity contribution in [3.8, 4) is 0 Å².